The van der Waals surface area contributed by atoms with Gasteiger partial charge in [0.25, 0.3) is 0 Å². The highest BCUT2D eigenvalue weighted by molar-refractivity contribution is 5.43. The third-order valence-corrected chi connectivity index (χ3v) is 4.11. The lowest BCUT2D eigenvalue weighted by molar-refractivity contribution is 0.0543. The van der Waals surface area contributed by atoms with Crippen LogP contribution in [-0.4, -0.2) is 41.7 Å². The van der Waals surface area contributed by atoms with Crippen molar-refractivity contribution in [3.8, 4) is 11.5 Å². The maximum atomic E-state index is 10.6. The molecule has 0 aliphatic carbocycles. The first kappa shape index (κ1) is 18.3. The number of rotatable bonds is 8. The van der Waals surface area contributed by atoms with E-state index in [2.05, 4.69) is 17.3 Å². The molecule has 0 amide bonds. The number of aromatic nitrogens is 2. The van der Waals surface area contributed by atoms with Crippen molar-refractivity contribution in [1.29, 1.82) is 0 Å². The molecule has 1 heterocycles. The number of ether oxygens (including phenoxy) is 2. The van der Waals surface area contributed by atoms with Crippen LogP contribution in [0.25, 0.3) is 0 Å². The average Bonchev–Trinajstić information content (AvgIpc) is 3.00. The molecule has 0 radical (unpaired) electrons. The highest BCUT2D eigenvalue weighted by Gasteiger charge is 2.25. The molecule has 2 unspecified atom stereocenters. The molecule has 0 saturated carbocycles. The van der Waals surface area contributed by atoms with Crippen LogP contribution < -0.4 is 14.8 Å². The van der Waals surface area contributed by atoms with E-state index < -0.39 is 5.60 Å². The quantitative estimate of drug-likeness (QED) is 0.772. The largest absolute Gasteiger partial charge is 0.493 e. The third-order valence-electron chi connectivity index (χ3n) is 4.11. The molecule has 132 valence electrons. The summed E-state index contributed by atoms with van der Waals surface area (Å²) in [5.74, 6) is 1.45. The number of benzene rings is 1. The van der Waals surface area contributed by atoms with Crippen LogP contribution in [0.1, 0.15) is 25.0 Å². The van der Waals surface area contributed by atoms with E-state index in [4.69, 9.17) is 9.47 Å². The molecule has 0 bridgehead atoms. The maximum Gasteiger partial charge on any atom is 0.160 e. The zero-order valence-corrected chi connectivity index (χ0v) is 15.0. The Bertz CT molecular complexity index is 667. The summed E-state index contributed by atoms with van der Waals surface area (Å²) in [6.07, 6.45) is 4.35. The van der Waals surface area contributed by atoms with Crippen LogP contribution >= 0.6 is 0 Å². The molecule has 2 aromatic rings. The molecule has 0 aliphatic heterocycles. The molecule has 6 nitrogen and oxygen atoms in total. The Balaban J connectivity index is 1.94. The van der Waals surface area contributed by atoms with Crippen LogP contribution in [0.4, 0.5) is 0 Å². The van der Waals surface area contributed by atoms with Gasteiger partial charge in [-0.15, -0.1) is 0 Å². The van der Waals surface area contributed by atoms with Gasteiger partial charge < -0.3 is 19.9 Å². The van der Waals surface area contributed by atoms with Gasteiger partial charge in [-0.05, 0) is 38.0 Å². The van der Waals surface area contributed by atoms with Crippen LogP contribution in [-0.2, 0) is 19.1 Å². The van der Waals surface area contributed by atoms with Gasteiger partial charge >= 0.3 is 0 Å². The summed E-state index contributed by atoms with van der Waals surface area (Å²) in [4.78, 5) is 0. The molecule has 0 fully saturated rings. The molecule has 0 saturated heterocycles. The Morgan fingerprint density at radius 1 is 1.29 bits per heavy atom. The highest BCUT2D eigenvalue weighted by atomic mass is 16.5. The summed E-state index contributed by atoms with van der Waals surface area (Å²) in [5.41, 5.74) is 0.990. The molecule has 1 aromatic carbocycles. The van der Waals surface area contributed by atoms with Gasteiger partial charge in [0, 0.05) is 31.4 Å². The summed E-state index contributed by atoms with van der Waals surface area (Å²) in [6, 6.07) is 6.12. The predicted octanol–water partition coefficient (Wildman–Crippen LogP) is 1.87. The van der Waals surface area contributed by atoms with E-state index in [1.807, 2.05) is 31.4 Å². The van der Waals surface area contributed by atoms with Crippen molar-refractivity contribution in [2.45, 2.75) is 31.9 Å². The lowest BCUT2D eigenvalue weighted by Gasteiger charge is -2.25. The first-order chi connectivity index (χ1) is 11.4. The van der Waals surface area contributed by atoms with E-state index in [9.17, 15) is 5.11 Å². The Morgan fingerprint density at radius 2 is 2.00 bits per heavy atom. The second kappa shape index (κ2) is 7.68. The van der Waals surface area contributed by atoms with Crippen molar-refractivity contribution >= 4 is 0 Å². The van der Waals surface area contributed by atoms with E-state index in [0.717, 1.165) is 29.0 Å². The van der Waals surface area contributed by atoms with Gasteiger partial charge in [-0.1, -0.05) is 6.07 Å². The van der Waals surface area contributed by atoms with Crippen LogP contribution in [0.15, 0.2) is 30.6 Å². The van der Waals surface area contributed by atoms with Crippen LogP contribution in [0.5, 0.6) is 11.5 Å². The van der Waals surface area contributed by atoms with Gasteiger partial charge in [0.05, 0.1) is 20.4 Å². The standard InChI is InChI=1S/C18H27N3O3/c1-13(8-14-6-7-16(23-4)17(9-14)24-5)19-12-18(2,22)15-10-20-21(3)11-15/h6-7,9-11,13,19,22H,8,12H2,1-5H3. The fourth-order valence-electron chi connectivity index (χ4n) is 2.61. The molecule has 0 aliphatic rings. The summed E-state index contributed by atoms with van der Waals surface area (Å²) >= 11 is 0. The van der Waals surface area contributed by atoms with Crippen molar-refractivity contribution in [3.63, 3.8) is 0 Å². The highest BCUT2D eigenvalue weighted by Crippen LogP contribution is 2.28. The van der Waals surface area contributed by atoms with E-state index in [-0.39, 0.29) is 6.04 Å². The summed E-state index contributed by atoms with van der Waals surface area (Å²) in [7, 11) is 5.10. The fourth-order valence-corrected chi connectivity index (χ4v) is 2.61. The molecule has 24 heavy (non-hydrogen) atoms. The monoisotopic (exact) mass is 333 g/mol. The second-order valence-electron chi connectivity index (χ2n) is 6.35. The molecule has 6 heteroatoms. The van der Waals surface area contributed by atoms with Gasteiger partial charge in [0.1, 0.15) is 5.60 Å². The SMILES string of the molecule is COc1ccc(CC(C)NCC(C)(O)c2cnn(C)c2)cc1OC. The van der Waals surface area contributed by atoms with Gasteiger partial charge in [-0.2, -0.15) is 5.10 Å². The number of nitrogens with zero attached hydrogens (tertiary/aromatic N) is 2. The minimum absolute atomic E-state index is 0.200. The predicted molar refractivity (Wildman–Crippen MR) is 93.5 cm³/mol. The van der Waals surface area contributed by atoms with Gasteiger partial charge in [0.15, 0.2) is 11.5 Å². The molecule has 0 spiro atoms. The molecule has 2 atom stereocenters. The average molecular weight is 333 g/mol. The number of nitrogens with one attached hydrogen (secondary N) is 1. The van der Waals surface area contributed by atoms with Crippen molar-refractivity contribution in [1.82, 2.24) is 15.1 Å². The topological polar surface area (TPSA) is 68.5 Å². The van der Waals surface area contributed by atoms with E-state index in [0.29, 0.717) is 6.54 Å². The number of methoxy groups -OCH3 is 2. The van der Waals surface area contributed by atoms with Crippen LogP contribution in [0.3, 0.4) is 0 Å². The molecule has 2 rings (SSSR count). The molecular weight excluding hydrogens is 306 g/mol. The Hall–Kier alpha value is -2.05. The van der Waals surface area contributed by atoms with Crippen molar-refractivity contribution in [3.05, 3.63) is 41.7 Å². The van der Waals surface area contributed by atoms with Crippen LogP contribution in [0.2, 0.25) is 0 Å². The maximum absolute atomic E-state index is 10.6. The lowest BCUT2D eigenvalue weighted by atomic mass is 9.98. The third kappa shape index (κ3) is 4.49. The lowest BCUT2D eigenvalue weighted by Crippen LogP contribution is -2.40. The Labute approximate surface area is 143 Å². The zero-order valence-electron chi connectivity index (χ0n) is 15.0. The summed E-state index contributed by atoms with van der Waals surface area (Å²) < 4.78 is 12.3. The smallest absolute Gasteiger partial charge is 0.160 e. The first-order valence-electron chi connectivity index (χ1n) is 8.01. The fraction of sp³-hybridized carbons (Fsp3) is 0.500. The van der Waals surface area contributed by atoms with Gasteiger partial charge in [0.2, 0.25) is 0 Å². The molecular formula is C18H27N3O3. The van der Waals surface area contributed by atoms with Gasteiger partial charge in [-0.3, -0.25) is 4.68 Å². The van der Waals surface area contributed by atoms with Crippen molar-refractivity contribution in [2.75, 3.05) is 20.8 Å². The number of hydrogen-bond acceptors (Lipinski definition) is 5. The number of hydrogen-bond donors (Lipinski definition) is 2. The second-order valence-corrected chi connectivity index (χ2v) is 6.35. The number of aryl methyl sites for hydroxylation is 1. The minimum atomic E-state index is -0.958. The molecule has 2 N–H and O–H groups in total. The van der Waals surface area contributed by atoms with E-state index >= 15 is 0 Å². The Morgan fingerprint density at radius 3 is 2.58 bits per heavy atom. The summed E-state index contributed by atoms with van der Waals surface area (Å²) in [6.45, 7) is 4.34. The normalized spacial score (nSPS) is 14.9. The van der Waals surface area contributed by atoms with Gasteiger partial charge in [-0.25, -0.2) is 0 Å². The van der Waals surface area contributed by atoms with Crippen molar-refractivity contribution < 1.29 is 14.6 Å². The van der Waals surface area contributed by atoms with E-state index in [1.54, 1.807) is 32.0 Å². The van der Waals surface area contributed by atoms with Crippen molar-refractivity contribution in [2.24, 2.45) is 7.05 Å². The zero-order chi connectivity index (χ0) is 17.7. The summed E-state index contributed by atoms with van der Waals surface area (Å²) in [5, 5.41) is 18.1. The molecule has 1 aromatic heterocycles. The van der Waals surface area contributed by atoms with Crippen LogP contribution in [0, 0.1) is 0 Å². The minimum Gasteiger partial charge on any atom is -0.493 e. The van der Waals surface area contributed by atoms with E-state index in [1.165, 1.54) is 0 Å². The number of aliphatic hydroxyl groups is 1. The Kier molecular flexibility index (Phi) is 5.85. The first-order valence-corrected chi connectivity index (χ1v) is 8.01.